The number of sulfonamides is 1. The Hall–Kier alpha value is -0.880. The SMILES string of the molecule is Cn1cnc(S(=O)(=O)N2CCC(CC(C)(C)C)C2(C)C)c1. The molecule has 0 N–H and O–H groups in total. The van der Waals surface area contributed by atoms with Crippen molar-refractivity contribution in [2.75, 3.05) is 6.54 Å². The van der Waals surface area contributed by atoms with E-state index in [0.717, 1.165) is 12.8 Å². The molecule has 1 aromatic heterocycles. The van der Waals surface area contributed by atoms with E-state index >= 15 is 0 Å². The van der Waals surface area contributed by atoms with E-state index in [1.54, 1.807) is 22.1 Å². The number of imidazole rings is 1. The van der Waals surface area contributed by atoms with Gasteiger partial charge in [0.1, 0.15) is 0 Å². The maximum absolute atomic E-state index is 12.8. The van der Waals surface area contributed by atoms with Gasteiger partial charge in [-0.2, -0.15) is 4.31 Å². The van der Waals surface area contributed by atoms with Crippen LogP contribution in [0.15, 0.2) is 17.6 Å². The lowest BCUT2D eigenvalue weighted by Crippen LogP contribution is -2.46. The van der Waals surface area contributed by atoms with Gasteiger partial charge in [-0.05, 0) is 38.0 Å². The standard InChI is InChI=1S/C15H27N3O2S/c1-14(2,3)9-12-7-8-18(15(12,4)5)21(19,20)13-10-17(6)11-16-13/h10-12H,7-9H2,1-6H3. The van der Waals surface area contributed by atoms with E-state index in [4.69, 9.17) is 0 Å². The molecule has 0 radical (unpaired) electrons. The molecule has 0 aliphatic carbocycles. The maximum atomic E-state index is 12.8. The van der Waals surface area contributed by atoms with Crippen LogP contribution in [0.1, 0.15) is 47.5 Å². The van der Waals surface area contributed by atoms with Crippen LogP contribution in [0, 0.1) is 11.3 Å². The Balaban J connectivity index is 2.30. The first-order valence-electron chi connectivity index (χ1n) is 7.45. The molecule has 2 rings (SSSR count). The van der Waals surface area contributed by atoms with E-state index in [1.165, 1.54) is 6.33 Å². The largest absolute Gasteiger partial charge is 0.339 e. The molecular weight excluding hydrogens is 286 g/mol. The molecule has 0 aromatic carbocycles. The summed E-state index contributed by atoms with van der Waals surface area (Å²) in [5.41, 5.74) is -0.170. The van der Waals surface area contributed by atoms with Crippen LogP contribution in [0.3, 0.4) is 0 Å². The van der Waals surface area contributed by atoms with E-state index in [-0.39, 0.29) is 16.0 Å². The summed E-state index contributed by atoms with van der Waals surface area (Å²) >= 11 is 0. The summed E-state index contributed by atoms with van der Waals surface area (Å²) in [4.78, 5) is 4.03. The fraction of sp³-hybridized carbons (Fsp3) is 0.800. The van der Waals surface area contributed by atoms with Gasteiger partial charge in [0.15, 0.2) is 5.03 Å². The van der Waals surface area contributed by atoms with Crippen molar-refractivity contribution in [2.24, 2.45) is 18.4 Å². The Kier molecular flexibility index (Phi) is 4.00. The average molecular weight is 313 g/mol. The van der Waals surface area contributed by atoms with Crippen molar-refractivity contribution in [3.05, 3.63) is 12.5 Å². The topological polar surface area (TPSA) is 55.2 Å². The first-order valence-corrected chi connectivity index (χ1v) is 8.89. The molecule has 1 atom stereocenters. The lowest BCUT2D eigenvalue weighted by Gasteiger charge is -2.37. The van der Waals surface area contributed by atoms with Crippen molar-refractivity contribution in [3.63, 3.8) is 0 Å². The zero-order chi connectivity index (χ0) is 16.1. The molecule has 120 valence electrons. The van der Waals surface area contributed by atoms with E-state index in [1.807, 2.05) is 13.8 Å². The molecule has 1 fully saturated rings. The van der Waals surface area contributed by atoms with Gasteiger partial charge in [-0.25, -0.2) is 13.4 Å². The molecule has 0 spiro atoms. The van der Waals surface area contributed by atoms with Gasteiger partial charge in [-0.1, -0.05) is 20.8 Å². The van der Waals surface area contributed by atoms with Crippen molar-refractivity contribution in [2.45, 2.75) is 58.0 Å². The third kappa shape index (κ3) is 3.16. The Morgan fingerprint density at radius 3 is 2.48 bits per heavy atom. The highest BCUT2D eigenvalue weighted by Gasteiger charge is 2.48. The molecule has 21 heavy (non-hydrogen) atoms. The average Bonchev–Trinajstić information content (AvgIpc) is 2.83. The Morgan fingerprint density at radius 2 is 2.00 bits per heavy atom. The van der Waals surface area contributed by atoms with E-state index in [9.17, 15) is 8.42 Å². The normalized spacial score (nSPS) is 23.6. The predicted octanol–water partition coefficient (Wildman–Crippen LogP) is 2.65. The first-order chi connectivity index (χ1) is 9.44. The number of aryl methyl sites for hydroxylation is 1. The number of nitrogens with zero attached hydrogens (tertiary/aromatic N) is 3. The molecule has 1 aliphatic heterocycles. The van der Waals surface area contributed by atoms with Gasteiger partial charge in [0, 0.05) is 25.3 Å². The number of hydrogen-bond donors (Lipinski definition) is 0. The van der Waals surface area contributed by atoms with Crippen molar-refractivity contribution in [3.8, 4) is 0 Å². The first kappa shape index (κ1) is 16.5. The minimum Gasteiger partial charge on any atom is -0.339 e. The van der Waals surface area contributed by atoms with Gasteiger partial charge in [0.05, 0.1) is 6.33 Å². The summed E-state index contributed by atoms with van der Waals surface area (Å²) < 4.78 is 29.0. The Labute approximate surface area is 128 Å². The van der Waals surface area contributed by atoms with E-state index < -0.39 is 10.0 Å². The van der Waals surface area contributed by atoms with Crippen molar-refractivity contribution in [1.82, 2.24) is 13.9 Å². The fourth-order valence-corrected chi connectivity index (χ4v) is 5.09. The number of aromatic nitrogens is 2. The monoisotopic (exact) mass is 313 g/mol. The molecule has 0 amide bonds. The van der Waals surface area contributed by atoms with Gasteiger partial charge in [-0.3, -0.25) is 0 Å². The third-order valence-corrected chi connectivity index (χ3v) is 6.39. The number of rotatable bonds is 3. The highest BCUT2D eigenvalue weighted by molar-refractivity contribution is 7.89. The maximum Gasteiger partial charge on any atom is 0.262 e. The smallest absolute Gasteiger partial charge is 0.262 e. The highest BCUT2D eigenvalue weighted by Crippen LogP contribution is 2.43. The van der Waals surface area contributed by atoms with Gasteiger partial charge in [0.2, 0.25) is 0 Å². The highest BCUT2D eigenvalue weighted by atomic mass is 32.2. The van der Waals surface area contributed by atoms with Gasteiger partial charge in [0.25, 0.3) is 10.0 Å². The molecule has 2 heterocycles. The second-order valence-electron chi connectivity index (χ2n) is 7.86. The predicted molar refractivity (Wildman–Crippen MR) is 83.4 cm³/mol. The van der Waals surface area contributed by atoms with Crippen LogP contribution in [0.5, 0.6) is 0 Å². The van der Waals surface area contributed by atoms with Crippen LogP contribution in [0.4, 0.5) is 0 Å². The van der Waals surface area contributed by atoms with E-state index in [2.05, 4.69) is 25.8 Å². The summed E-state index contributed by atoms with van der Waals surface area (Å²) in [6, 6.07) is 0. The van der Waals surface area contributed by atoms with Crippen LogP contribution in [-0.4, -0.2) is 34.4 Å². The second kappa shape index (κ2) is 5.09. The minimum atomic E-state index is -3.51. The minimum absolute atomic E-state index is 0.148. The van der Waals surface area contributed by atoms with Gasteiger partial charge < -0.3 is 4.57 Å². The number of hydrogen-bond acceptors (Lipinski definition) is 3. The third-order valence-electron chi connectivity index (χ3n) is 4.42. The molecule has 1 unspecified atom stereocenters. The van der Waals surface area contributed by atoms with Crippen LogP contribution in [0.25, 0.3) is 0 Å². The lowest BCUT2D eigenvalue weighted by molar-refractivity contribution is 0.178. The molecule has 6 heteroatoms. The van der Waals surface area contributed by atoms with Crippen molar-refractivity contribution < 1.29 is 8.42 Å². The quantitative estimate of drug-likeness (QED) is 0.862. The second-order valence-corrected chi connectivity index (χ2v) is 9.67. The summed E-state index contributed by atoms with van der Waals surface area (Å²) in [5, 5.41) is 0.148. The Bertz CT molecular complexity index is 611. The van der Waals surface area contributed by atoms with Crippen LogP contribution in [0.2, 0.25) is 0 Å². The summed E-state index contributed by atoms with van der Waals surface area (Å²) in [7, 11) is -1.73. The molecule has 5 nitrogen and oxygen atoms in total. The molecular formula is C15H27N3O2S. The molecule has 1 saturated heterocycles. The van der Waals surface area contributed by atoms with Crippen LogP contribution in [-0.2, 0) is 17.1 Å². The summed E-state index contributed by atoms with van der Waals surface area (Å²) in [6.45, 7) is 11.3. The zero-order valence-electron chi connectivity index (χ0n) is 13.9. The summed E-state index contributed by atoms with van der Waals surface area (Å²) in [5.74, 6) is 0.371. The fourth-order valence-electron chi connectivity index (χ4n) is 3.27. The molecule has 0 bridgehead atoms. The molecule has 0 saturated carbocycles. The van der Waals surface area contributed by atoms with Crippen LogP contribution < -0.4 is 0 Å². The van der Waals surface area contributed by atoms with Crippen molar-refractivity contribution in [1.29, 1.82) is 0 Å². The molecule has 1 aromatic rings. The molecule has 1 aliphatic rings. The van der Waals surface area contributed by atoms with E-state index in [0.29, 0.717) is 12.5 Å². The van der Waals surface area contributed by atoms with Gasteiger partial charge in [-0.15, -0.1) is 0 Å². The lowest BCUT2D eigenvalue weighted by atomic mass is 9.77. The van der Waals surface area contributed by atoms with Crippen molar-refractivity contribution >= 4 is 10.0 Å². The summed E-state index contributed by atoms with van der Waals surface area (Å²) in [6.07, 6.45) is 5.04. The zero-order valence-corrected chi connectivity index (χ0v) is 14.7. The van der Waals surface area contributed by atoms with Gasteiger partial charge >= 0.3 is 0 Å². The van der Waals surface area contributed by atoms with Crippen LogP contribution >= 0.6 is 0 Å². The Morgan fingerprint density at radius 1 is 1.38 bits per heavy atom.